The summed E-state index contributed by atoms with van der Waals surface area (Å²) in [5, 5.41) is 3.00. The SMILES string of the molecule is COC(=O)c1cc(N)ccc1Nc1cc(C)cc(F)c1. The van der Waals surface area contributed by atoms with E-state index in [4.69, 9.17) is 10.5 Å². The van der Waals surface area contributed by atoms with Crippen LogP contribution in [0.1, 0.15) is 15.9 Å². The third-order valence-electron chi connectivity index (χ3n) is 2.77. The van der Waals surface area contributed by atoms with Crippen LogP contribution in [0.15, 0.2) is 36.4 Å². The summed E-state index contributed by atoms with van der Waals surface area (Å²) in [5.74, 6) is -0.851. The van der Waals surface area contributed by atoms with Gasteiger partial charge in [-0.25, -0.2) is 9.18 Å². The lowest BCUT2D eigenvalue weighted by molar-refractivity contribution is 0.0602. The van der Waals surface area contributed by atoms with Gasteiger partial charge in [0.2, 0.25) is 0 Å². The summed E-state index contributed by atoms with van der Waals surface area (Å²) >= 11 is 0. The molecule has 0 aliphatic heterocycles. The molecule has 2 aromatic rings. The Morgan fingerprint density at radius 3 is 2.65 bits per heavy atom. The first-order valence-corrected chi connectivity index (χ1v) is 6.01. The van der Waals surface area contributed by atoms with Crippen LogP contribution in [0.3, 0.4) is 0 Å². The molecule has 0 aliphatic rings. The Morgan fingerprint density at radius 1 is 1.25 bits per heavy atom. The number of hydrogen-bond donors (Lipinski definition) is 2. The van der Waals surface area contributed by atoms with Crippen LogP contribution in [0, 0.1) is 12.7 Å². The van der Waals surface area contributed by atoms with E-state index in [9.17, 15) is 9.18 Å². The van der Waals surface area contributed by atoms with Crippen molar-refractivity contribution in [3.63, 3.8) is 0 Å². The molecule has 0 aliphatic carbocycles. The molecule has 0 fully saturated rings. The molecule has 0 saturated carbocycles. The molecular formula is C15H15FN2O2. The van der Waals surface area contributed by atoms with Gasteiger partial charge in [0, 0.05) is 11.4 Å². The normalized spacial score (nSPS) is 10.2. The Balaban J connectivity index is 2.40. The Kier molecular flexibility index (Phi) is 3.89. The number of methoxy groups -OCH3 is 1. The molecule has 5 heteroatoms. The number of halogens is 1. The van der Waals surface area contributed by atoms with Gasteiger partial charge in [-0.05, 0) is 48.9 Å². The summed E-state index contributed by atoms with van der Waals surface area (Å²) in [6.45, 7) is 1.79. The number of nitrogen functional groups attached to an aromatic ring is 1. The number of benzene rings is 2. The standard InChI is InChI=1S/C15H15FN2O2/c1-9-5-10(16)7-12(6-9)18-14-4-3-11(17)8-13(14)15(19)20-2/h3-8,18H,17H2,1-2H3. The van der Waals surface area contributed by atoms with Gasteiger partial charge in [-0.15, -0.1) is 0 Å². The molecule has 20 heavy (non-hydrogen) atoms. The van der Waals surface area contributed by atoms with Gasteiger partial charge in [-0.3, -0.25) is 0 Å². The average molecular weight is 274 g/mol. The van der Waals surface area contributed by atoms with E-state index >= 15 is 0 Å². The molecule has 0 amide bonds. The lowest BCUT2D eigenvalue weighted by Gasteiger charge is -2.12. The second-order valence-corrected chi connectivity index (χ2v) is 4.44. The van der Waals surface area contributed by atoms with Gasteiger partial charge in [0.15, 0.2) is 0 Å². The second-order valence-electron chi connectivity index (χ2n) is 4.44. The van der Waals surface area contributed by atoms with Crippen molar-refractivity contribution in [3.8, 4) is 0 Å². The van der Waals surface area contributed by atoms with Crippen LogP contribution in [0.5, 0.6) is 0 Å². The summed E-state index contributed by atoms with van der Waals surface area (Å²) in [6, 6.07) is 9.38. The number of anilines is 3. The molecule has 0 radical (unpaired) electrons. The molecule has 0 saturated heterocycles. The molecule has 104 valence electrons. The third kappa shape index (κ3) is 3.06. The average Bonchev–Trinajstić information content (AvgIpc) is 2.38. The van der Waals surface area contributed by atoms with Crippen molar-refractivity contribution < 1.29 is 13.9 Å². The van der Waals surface area contributed by atoms with Crippen LogP contribution in [-0.4, -0.2) is 13.1 Å². The molecular weight excluding hydrogens is 259 g/mol. The number of nitrogens with two attached hydrogens (primary N) is 1. The number of aryl methyl sites for hydroxylation is 1. The van der Waals surface area contributed by atoms with Crippen LogP contribution in [0.2, 0.25) is 0 Å². The largest absolute Gasteiger partial charge is 0.465 e. The van der Waals surface area contributed by atoms with Gasteiger partial charge in [0.25, 0.3) is 0 Å². The van der Waals surface area contributed by atoms with Crippen molar-refractivity contribution >= 4 is 23.0 Å². The number of rotatable bonds is 3. The van der Waals surface area contributed by atoms with Crippen molar-refractivity contribution in [1.29, 1.82) is 0 Å². The molecule has 2 aromatic carbocycles. The minimum atomic E-state index is -0.507. The predicted molar refractivity (Wildman–Crippen MR) is 76.6 cm³/mol. The highest BCUT2D eigenvalue weighted by Gasteiger charge is 2.12. The fourth-order valence-corrected chi connectivity index (χ4v) is 1.91. The van der Waals surface area contributed by atoms with E-state index < -0.39 is 5.97 Å². The minimum Gasteiger partial charge on any atom is -0.465 e. The van der Waals surface area contributed by atoms with Crippen molar-refractivity contribution in [2.45, 2.75) is 6.92 Å². The summed E-state index contributed by atoms with van der Waals surface area (Å²) in [7, 11) is 1.29. The number of ether oxygens (including phenoxy) is 1. The maximum Gasteiger partial charge on any atom is 0.340 e. The lowest BCUT2D eigenvalue weighted by atomic mass is 10.1. The molecule has 0 unspecified atom stereocenters. The Morgan fingerprint density at radius 2 is 2.00 bits per heavy atom. The smallest absolute Gasteiger partial charge is 0.340 e. The Bertz CT molecular complexity index is 636. The van der Waals surface area contributed by atoms with Gasteiger partial charge in [-0.2, -0.15) is 0 Å². The van der Waals surface area contributed by atoms with Crippen molar-refractivity contribution in [2.24, 2.45) is 0 Å². The van der Waals surface area contributed by atoms with E-state index in [0.29, 0.717) is 22.6 Å². The monoisotopic (exact) mass is 274 g/mol. The van der Waals surface area contributed by atoms with Crippen LogP contribution in [-0.2, 0) is 4.74 Å². The fourth-order valence-electron chi connectivity index (χ4n) is 1.91. The summed E-state index contributed by atoms with van der Waals surface area (Å²) in [6.07, 6.45) is 0. The van der Waals surface area contributed by atoms with E-state index in [1.54, 1.807) is 25.1 Å². The first kappa shape index (κ1) is 13.9. The highest BCUT2D eigenvalue weighted by Crippen LogP contribution is 2.25. The van der Waals surface area contributed by atoms with Crippen LogP contribution in [0.25, 0.3) is 0 Å². The lowest BCUT2D eigenvalue weighted by Crippen LogP contribution is -2.06. The van der Waals surface area contributed by atoms with Gasteiger partial charge < -0.3 is 15.8 Å². The second kappa shape index (κ2) is 5.61. The first-order chi connectivity index (χ1) is 9.49. The highest BCUT2D eigenvalue weighted by molar-refractivity contribution is 5.97. The molecule has 0 spiro atoms. The Hall–Kier alpha value is -2.56. The minimum absolute atomic E-state index is 0.300. The molecule has 0 atom stereocenters. The van der Waals surface area contributed by atoms with E-state index in [1.165, 1.54) is 25.3 Å². The zero-order chi connectivity index (χ0) is 14.7. The molecule has 2 rings (SSSR count). The van der Waals surface area contributed by atoms with E-state index in [2.05, 4.69) is 5.32 Å². The first-order valence-electron chi connectivity index (χ1n) is 6.01. The summed E-state index contributed by atoms with van der Waals surface area (Å²) < 4.78 is 18.1. The van der Waals surface area contributed by atoms with E-state index in [1.807, 2.05) is 0 Å². The Labute approximate surface area is 116 Å². The molecule has 0 heterocycles. The van der Waals surface area contributed by atoms with Gasteiger partial charge >= 0.3 is 5.97 Å². The van der Waals surface area contributed by atoms with Gasteiger partial charge in [0.05, 0.1) is 18.4 Å². The van der Waals surface area contributed by atoms with Crippen molar-refractivity contribution in [3.05, 3.63) is 53.3 Å². The summed E-state index contributed by atoms with van der Waals surface area (Å²) in [5.41, 5.74) is 8.26. The summed E-state index contributed by atoms with van der Waals surface area (Å²) in [4.78, 5) is 11.7. The number of carbonyl (C=O) groups is 1. The molecule has 0 aromatic heterocycles. The zero-order valence-electron chi connectivity index (χ0n) is 11.2. The zero-order valence-corrected chi connectivity index (χ0v) is 11.2. The molecule has 3 N–H and O–H groups in total. The van der Waals surface area contributed by atoms with Crippen LogP contribution in [0.4, 0.5) is 21.5 Å². The predicted octanol–water partition coefficient (Wildman–Crippen LogP) is 3.25. The van der Waals surface area contributed by atoms with Crippen molar-refractivity contribution in [1.82, 2.24) is 0 Å². The van der Waals surface area contributed by atoms with Crippen molar-refractivity contribution in [2.75, 3.05) is 18.2 Å². The highest BCUT2D eigenvalue weighted by atomic mass is 19.1. The van der Waals surface area contributed by atoms with E-state index in [0.717, 1.165) is 5.56 Å². The van der Waals surface area contributed by atoms with E-state index in [-0.39, 0.29) is 5.82 Å². The topological polar surface area (TPSA) is 64.3 Å². The molecule has 0 bridgehead atoms. The maximum absolute atomic E-state index is 13.4. The van der Waals surface area contributed by atoms with Gasteiger partial charge in [0.1, 0.15) is 5.82 Å². The van der Waals surface area contributed by atoms with Crippen LogP contribution >= 0.6 is 0 Å². The maximum atomic E-state index is 13.4. The number of nitrogens with one attached hydrogen (secondary N) is 1. The number of hydrogen-bond acceptors (Lipinski definition) is 4. The number of carbonyl (C=O) groups excluding carboxylic acids is 1. The molecule has 4 nitrogen and oxygen atoms in total. The van der Waals surface area contributed by atoms with Crippen LogP contribution < -0.4 is 11.1 Å². The van der Waals surface area contributed by atoms with Gasteiger partial charge in [-0.1, -0.05) is 0 Å². The number of esters is 1. The quantitative estimate of drug-likeness (QED) is 0.666. The third-order valence-corrected chi connectivity index (χ3v) is 2.77. The fraction of sp³-hybridized carbons (Fsp3) is 0.133.